The molecular formula is C18H23ClN2O3S. The number of aliphatic hydroxyl groups excluding tert-OH is 1. The van der Waals surface area contributed by atoms with Crippen molar-refractivity contribution in [2.24, 2.45) is 0 Å². The SMILES string of the molecule is COc1ccccc1C(=O)N1CCN(CC(O)c2cccs2)CC1.Cl. The van der Waals surface area contributed by atoms with Crippen molar-refractivity contribution in [2.45, 2.75) is 6.10 Å². The van der Waals surface area contributed by atoms with E-state index < -0.39 is 6.10 Å². The number of β-amino-alcohol motifs (C(OH)–C–C–N with tert-alkyl or cyclic N) is 1. The van der Waals surface area contributed by atoms with Gasteiger partial charge in [-0.3, -0.25) is 9.69 Å². The number of rotatable bonds is 5. The summed E-state index contributed by atoms with van der Waals surface area (Å²) < 4.78 is 5.28. The first kappa shape index (κ1) is 19.7. The van der Waals surface area contributed by atoms with Gasteiger partial charge in [0.05, 0.1) is 12.7 Å². The molecule has 0 radical (unpaired) electrons. The number of methoxy groups -OCH3 is 1. The monoisotopic (exact) mass is 382 g/mol. The van der Waals surface area contributed by atoms with Gasteiger partial charge >= 0.3 is 0 Å². The highest BCUT2D eigenvalue weighted by atomic mass is 35.5. The second kappa shape index (κ2) is 9.20. The lowest BCUT2D eigenvalue weighted by Crippen LogP contribution is -2.49. The number of para-hydroxylation sites is 1. The van der Waals surface area contributed by atoms with Gasteiger partial charge in [-0.1, -0.05) is 18.2 Å². The van der Waals surface area contributed by atoms with Crippen LogP contribution in [0.3, 0.4) is 0 Å². The standard InChI is InChI=1S/C18H22N2O3S.ClH/c1-23-16-6-3-2-5-14(16)18(22)20-10-8-19(9-11-20)13-15(21)17-7-4-12-24-17;/h2-7,12,15,21H,8-11,13H2,1H3;1H. The fourth-order valence-corrected chi connectivity index (χ4v) is 3.64. The molecule has 1 aliphatic rings. The van der Waals surface area contributed by atoms with Gasteiger partial charge in [0.25, 0.3) is 5.91 Å². The minimum atomic E-state index is -0.457. The number of halogens is 1. The summed E-state index contributed by atoms with van der Waals surface area (Å²) in [6, 6.07) is 11.2. The smallest absolute Gasteiger partial charge is 0.257 e. The second-order valence-corrected chi connectivity index (χ2v) is 6.80. The summed E-state index contributed by atoms with van der Waals surface area (Å²) in [4.78, 5) is 17.7. The molecule has 1 aliphatic heterocycles. The van der Waals surface area contributed by atoms with Gasteiger partial charge in [0.15, 0.2) is 0 Å². The van der Waals surface area contributed by atoms with Crippen molar-refractivity contribution in [3.05, 3.63) is 52.2 Å². The van der Waals surface area contributed by atoms with Crippen LogP contribution >= 0.6 is 23.7 Å². The fourth-order valence-electron chi connectivity index (χ4n) is 2.94. The highest BCUT2D eigenvalue weighted by molar-refractivity contribution is 7.10. The molecule has 1 unspecified atom stereocenters. The molecule has 1 saturated heterocycles. The zero-order valence-electron chi connectivity index (χ0n) is 14.1. The van der Waals surface area contributed by atoms with E-state index in [0.29, 0.717) is 30.9 Å². The minimum Gasteiger partial charge on any atom is -0.496 e. The van der Waals surface area contributed by atoms with E-state index in [1.165, 1.54) is 0 Å². The molecule has 25 heavy (non-hydrogen) atoms. The number of nitrogens with zero attached hydrogens (tertiary/aromatic N) is 2. The van der Waals surface area contributed by atoms with E-state index in [9.17, 15) is 9.90 Å². The van der Waals surface area contributed by atoms with Crippen LogP contribution in [-0.4, -0.2) is 60.6 Å². The summed E-state index contributed by atoms with van der Waals surface area (Å²) in [7, 11) is 1.58. The number of carbonyl (C=O) groups is 1. The number of hydrogen-bond donors (Lipinski definition) is 1. The Kier molecular flexibility index (Phi) is 7.25. The molecule has 5 nitrogen and oxygen atoms in total. The van der Waals surface area contributed by atoms with Gasteiger partial charge in [0.1, 0.15) is 11.9 Å². The summed E-state index contributed by atoms with van der Waals surface area (Å²) in [6.45, 7) is 3.46. The first-order chi connectivity index (χ1) is 11.7. The first-order valence-corrected chi connectivity index (χ1v) is 8.93. The molecule has 2 aromatic rings. The molecule has 1 N–H and O–H groups in total. The van der Waals surface area contributed by atoms with Crippen LogP contribution in [-0.2, 0) is 0 Å². The van der Waals surface area contributed by atoms with Crippen LogP contribution in [0.25, 0.3) is 0 Å². The van der Waals surface area contributed by atoms with Crippen molar-refractivity contribution in [3.8, 4) is 5.75 Å². The highest BCUT2D eigenvalue weighted by Gasteiger charge is 2.25. The Hall–Kier alpha value is -1.60. The van der Waals surface area contributed by atoms with Gasteiger partial charge in [-0.25, -0.2) is 0 Å². The van der Waals surface area contributed by atoms with Gasteiger partial charge in [0, 0.05) is 37.6 Å². The number of amides is 1. The molecule has 3 rings (SSSR count). The van der Waals surface area contributed by atoms with Gasteiger partial charge in [-0.15, -0.1) is 23.7 Å². The fraction of sp³-hybridized carbons (Fsp3) is 0.389. The second-order valence-electron chi connectivity index (χ2n) is 5.82. The molecule has 1 fully saturated rings. The number of thiophene rings is 1. The van der Waals surface area contributed by atoms with Gasteiger partial charge in [-0.2, -0.15) is 0 Å². The summed E-state index contributed by atoms with van der Waals surface area (Å²) in [5.41, 5.74) is 0.604. The van der Waals surface area contributed by atoms with Crippen molar-refractivity contribution in [3.63, 3.8) is 0 Å². The van der Waals surface area contributed by atoms with Crippen molar-refractivity contribution >= 4 is 29.7 Å². The molecular weight excluding hydrogens is 360 g/mol. The molecule has 0 bridgehead atoms. The lowest BCUT2D eigenvalue weighted by molar-refractivity contribution is 0.0530. The van der Waals surface area contributed by atoms with Crippen LogP contribution in [0.2, 0.25) is 0 Å². The van der Waals surface area contributed by atoms with Crippen molar-refractivity contribution in [2.75, 3.05) is 39.8 Å². The number of benzene rings is 1. The Morgan fingerprint density at radius 1 is 1.20 bits per heavy atom. The Balaban J connectivity index is 0.00000225. The number of aliphatic hydroxyl groups is 1. The molecule has 1 aromatic heterocycles. The summed E-state index contributed by atoms with van der Waals surface area (Å²) >= 11 is 1.57. The molecule has 136 valence electrons. The minimum absolute atomic E-state index is 0. The van der Waals surface area contributed by atoms with Crippen LogP contribution in [0.15, 0.2) is 41.8 Å². The van der Waals surface area contributed by atoms with E-state index in [-0.39, 0.29) is 18.3 Å². The normalized spacial score (nSPS) is 16.2. The Bertz CT molecular complexity index is 673. The maximum atomic E-state index is 12.7. The van der Waals surface area contributed by atoms with Crippen LogP contribution in [0.5, 0.6) is 5.75 Å². The number of carbonyl (C=O) groups excluding carboxylic acids is 1. The third-order valence-electron chi connectivity index (χ3n) is 4.30. The molecule has 0 spiro atoms. The van der Waals surface area contributed by atoms with Crippen molar-refractivity contribution < 1.29 is 14.6 Å². The van der Waals surface area contributed by atoms with E-state index in [2.05, 4.69) is 4.90 Å². The van der Waals surface area contributed by atoms with Crippen LogP contribution in [0, 0.1) is 0 Å². The molecule has 0 saturated carbocycles. The summed E-state index contributed by atoms with van der Waals surface area (Å²) in [6.07, 6.45) is -0.457. The summed E-state index contributed by atoms with van der Waals surface area (Å²) in [5.74, 6) is 0.615. The zero-order valence-corrected chi connectivity index (χ0v) is 15.8. The lowest BCUT2D eigenvalue weighted by Gasteiger charge is -2.35. The quantitative estimate of drug-likeness (QED) is 0.863. The predicted octanol–water partition coefficient (Wildman–Crippen LogP) is 2.67. The number of ether oxygens (including phenoxy) is 1. The number of hydrogen-bond acceptors (Lipinski definition) is 5. The average molecular weight is 383 g/mol. The molecule has 0 aliphatic carbocycles. The van der Waals surface area contributed by atoms with Crippen molar-refractivity contribution in [1.82, 2.24) is 9.80 Å². The molecule has 7 heteroatoms. The van der Waals surface area contributed by atoms with Crippen LogP contribution in [0.1, 0.15) is 21.3 Å². The zero-order chi connectivity index (χ0) is 16.9. The molecule has 2 heterocycles. The van der Waals surface area contributed by atoms with Crippen molar-refractivity contribution in [1.29, 1.82) is 0 Å². The maximum Gasteiger partial charge on any atom is 0.257 e. The first-order valence-electron chi connectivity index (χ1n) is 8.05. The van der Waals surface area contributed by atoms with Gasteiger partial charge in [0.2, 0.25) is 0 Å². The largest absolute Gasteiger partial charge is 0.496 e. The van der Waals surface area contributed by atoms with Gasteiger partial charge in [-0.05, 0) is 23.6 Å². The van der Waals surface area contributed by atoms with Crippen LogP contribution in [0.4, 0.5) is 0 Å². The van der Waals surface area contributed by atoms with Gasteiger partial charge < -0.3 is 14.7 Å². The third kappa shape index (κ3) is 4.73. The molecule has 1 atom stereocenters. The van der Waals surface area contributed by atoms with E-state index in [0.717, 1.165) is 18.0 Å². The topological polar surface area (TPSA) is 53.0 Å². The van der Waals surface area contributed by atoms with E-state index in [1.54, 1.807) is 30.6 Å². The third-order valence-corrected chi connectivity index (χ3v) is 5.27. The lowest BCUT2D eigenvalue weighted by atomic mass is 10.1. The highest BCUT2D eigenvalue weighted by Crippen LogP contribution is 2.22. The Morgan fingerprint density at radius 3 is 2.56 bits per heavy atom. The average Bonchev–Trinajstić information content (AvgIpc) is 3.16. The molecule has 1 amide bonds. The van der Waals surface area contributed by atoms with E-state index in [4.69, 9.17) is 4.74 Å². The Labute approximate surface area is 158 Å². The Morgan fingerprint density at radius 2 is 1.92 bits per heavy atom. The molecule has 1 aromatic carbocycles. The number of piperazine rings is 1. The predicted molar refractivity (Wildman–Crippen MR) is 102 cm³/mol. The van der Waals surface area contributed by atoms with E-state index >= 15 is 0 Å². The maximum absolute atomic E-state index is 12.7. The van der Waals surface area contributed by atoms with E-state index in [1.807, 2.05) is 34.5 Å². The van der Waals surface area contributed by atoms with Crippen LogP contribution < -0.4 is 4.74 Å². The summed E-state index contributed by atoms with van der Waals surface area (Å²) in [5, 5.41) is 12.2.